The molecule has 0 heterocycles. The Morgan fingerprint density at radius 1 is 0.247 bits per heavy atom. The van der Waals surface area contributed by atoms with Crippen LogP contribution in [-0.2, 0) is 28.6 Å². The highest BCUT2D eigenvalue weighted by molar-refractivity contribution is 5.71. The molecule has 0 radical (unpaired) electrons. The minimum atomic E-state index is -0.843. The molecule has 0 fully saturated rings. The molecule has 0 N–H and O–H groups in total. The molecular formula is C75H112O6. The summed E-state index contributed by atoms with van der Waals surface area (Å²) in [6.07, 6.45) is 103. The van der Waals surface area contributed by atoms with Crippen molar-refractivity contribution < 1.29 is 28.6 Å². The monoisotopic (exact) mass is 1110 g/mol. The lowest BCUT2D eigenvalue weighted by atomic mass is 10.1. The Hall–Kier alpha value is -6.01. The predicted octanol–water partition coefficient (Wildman–Crippen LogP) is 22.0. The van der Waals surface area contributed by atoms with Gasteiger partial charge in [0.1, 0.15) is 13.2 Å². The fourth-order valence-electron chi connectivity index (χ4n) is 7.66. The zero-order valence-corrected chi connectivity index (χ0v) is 51.2. The van der Waals surface area contributed by atoms with Crippen LogP contribution < -0.4 is 0 Å². The highest BCUT2D eigenvalue weighted by Gasteiger charge is 2.19. The van der Waals surface area contributed by atoms with E-state index in [1.807, 2.05) is 0 Å². The van der Waals surface area contributed by atoms with Gasteiger partial charge in [-0.25, -0.2) is 0 Å². The number of carbonyl (C=O) groups is 3. The maximum absolute atomic E-state index is 12.9. The highest BCUT2D eigenvalue weighted by atomic mass is 16.6. The zero-order chi connectivity index (χ0) is 58.5. The van der Waals surface area contributed by atoms with E-state index < -0.39 is 12.1 Å². The van der Waals surface area contributed by atoms with Crippen molar-refractivity contribution in [2.75, 3.05) is 13.2 Å². The third-order valence-electron chi connectivity index (χ3n) is 12.3. The van der Waals surface area contributed by atoms with Gasteiger partial charge in [0.25, 0.3) is 0 Å². The molecule has 0 bridgehead atoms. The van der Waals surface area contributed by atoms with Gasteiger partial charge in [-0.3, -0.25) is 14.4 Å². The largest absolute Gasteiger partial charge is 0.462 e. The minimum absolute atomic E-state index is 0.132. The molecule has 1 atom stereocenters. The number of ether oxygens (including phenoxy) is 3. The topological polar surface area (TPSA) is 78.9 Å². The first-order valence-electron chi connectivity index (χ1n) is 31.6. The van der Waals surface area contributed by atoms with Crippen molar-refractivity contribution >= 4 is 17.9 Å². The Kier molecular flexibility index (Phi) is 61.6. The van der Waals surface area contributed by atoms with Gasteiger partial charge >= 0.3 is 17.9 Å². The first kappa shape index (κ1) is 75.0. The Morgan fingerprint density at radius 3 is 0.741 bits per heavy atom. The minimum Gasteiger partial charge on any atom is -0.462 e. The maximum atomic E-state index is 12.9. The summed E-state index contributed by atoms with van der Waals surface area (Å²) in [6, 6.07) is 0. The molecule has 0 aromatic heterocycles. The fraction of sp³-hybridized carbons (Fsp3) is 0.507. The SMILES string of the molecule is CC/C=C\C/C=C\C/C=C\C/C=C\C/C=C\C/C=C\C/C=C\C/C=C\C/C=C\CCCCCC(=O)OCC(COC(=O)CCCCCCC/C=C\C/C=C\C/C=C\CC)OC(=O)CCC/C=C\C/C=C\C/C=C\C/C=C\C/C=C\CC. The van der Waals surface area contributed by atoms with Gasteiger partial charge in [0, 0.05) is 19.3 Å². The number of carbonyl (C=O) groups excluding carboxylic acids is 3. The number of unbranched alkanes of at least 4 members (excludes halogenated alkanes) is 9. The van der Waals surface area contributed by atoms with Crippen molar-refractivity contribution in [3.63, 3.8) is 0 Å². The first-order valence-corrected chi connectivity index (χ1v) is 31.6. The van der Waals surface area contributed by atoms with E-state index in [2.05, 4.69) is 227 Å². The van der Waals surface area contributed by atoms with Crippen molar-refractivity contribution in [1.82, 2.24) is 0 Å². The molecule has 448 valence electrons. The molecule has 81 heavy (non-hydrogen) atoms. The molecule has 6 heteroatoms. The van der Waals surface area contributed by atoms with Crippen LogP contribution in [-0.4, -0.2) is 37.2 Å². The number of esters is 3. The van der Waals surface area contributed by atoms with Gasteiger partial charge in [0.2, 0.25) is 0 Å². The fourth-order valence-corrected chi connectivity index (χ4v) is 7.66. The van der Waals surface area contributed by atoms with Crippen LogP contribution in [0.3, 0.4) is 0 Å². The number of hydrogen-bond acceptors (Lipinski definition) is 6. The molecule has 0 saturated heterocycles. The van der Waals surface area contributed by atoms with Crippen LogP contribution in [0.15, 0.2) is 207 Å². The molecule has 0 spiro atoms. The molecule has 0 rings (SSSR count). The summed E-state index contributed by atoms with van der Waals surface area (Å²) in [5.41, 5.74) is 0. The second-order valence-electron chi connectivity index (χ2n) is 19.8. The third-order valence-corrected chi connectivity index (χ3v) is 12.3. The average Bonchev–Trinajstić information content (AvgIpc) is 3.47. The van der Waals surface area contributed by atoms with E-state index in [0.717, 1.165) is 180 Å². The molecule has 0 aliphatic heterocycles. The average molecular weight is 1110 g/mol. The van der Waals surface area contributed by atoms with Gasteiger partial charge in [-0.2, -0.15) is 0 Å². The third kappa shape index (κ3) is 64.7. The van der Waals surface area contributed by atoms with E-state index >= 15 is 0 Å². The Balaban J connectivity index is 4.52. The molecule has 0 aliphatic carbocycles. The van der Waals surface area contributed by atoms with Crippen LogP contribution in [0.5, 0.6) is 0 Å². The molecule has 0 saturated carbocycles. The summed E-state index contributed by atoms with van der Waals surface area (Å²) in [5, 5.41) is 0. The lowest BCUT2D eigenvalue weighted by molar-refractivity contribution is -0.167. The Morgan fingerprint density at radius 2 is 0.457 bits per heavy atom. The van der Waals surface area contributed by atoms with Crippen LogP contribution in [0.4, 0.5) is 0 Å². The molecular weight excluding hydrogens is 997 g/mol. The highest BCUT2D eigenvalue weighted by Crippen LogP contribution is 2.12. The van der Waals surface area contributed by atoms with Crippen molar-refractivity contribution in [3.8, 4) is 0 Å². The number of allylic oxidation sites excluding steroid dienone is 34. The normalized spacial score (nSPS) is 13.6. The molecule has 0 aromatic rings. The first-order chi connectivity index (χ1) is 40.0. The summed E-state index contributed by atoms with van der Waals surface area (Å²) in [6.45, 7) is 6.19. The second-order valence-corrected chi connectivity index (χ2v) is 19.8. The van der Waals surface area contributed by atoms with Gasteiger partial charge in [-0.15, -0.1) is 0 Å². The number of hydrogen-bond donors (Lipinski definition) is 0. The maximum Gasteiger partial charge on any atom is 0.306 e. The zero-order valence-electron chi connectivity index (χ0n) is 51.2. The summed E-state index contributed by atoms with van der Waals surface area (Å²) in [5.74, 6) is -1.05. The van der Waals surface area contributed by atoms with Crippen LogP contribution in [0, 0.1) is 0 Å². The van der Waals surface area contributed by atoms with E-state index in [9.17, 15) is 14.4 Å². The van der Waals surface area contributed by atoms with E-state index in [4.69, 9.17) is 14.2 Å². The summed E-state index contributed by atoms with van der Waals surface area (Å²) < 4.78 is 16.8. The smallest absolute Gasteiger partial charge is 0.306 e. The molecule has 1 unspecified atom stereocenters. The lowest BCUT2D eigenvalue weighted by Crippen LogP contribution is -2.30. The lowest BCUT2D eigenvalue weighted by Gasteiger charge is -2.18. The Labute approximate surface area is 496 Å². The van der Waals surface area contributed by atoms with Gasteiger partial charge in [-0.05, 0) is 161 Å². The second kappa shape index (κ2) is 66.5. The molecule has 0 amide bonds. The summed E-state index contributed by atoms with van der Waals surface area (Å²) >= 11 is 0. The molecule has 0 aromatic carbocycles. The van der Waals surface area contributed by atoms with Gasteiger partial charge < -0.3 is 14.2 Å². The van der Waals surface area contributed by atoms with Crippen LogP contribution in [0.25, 0.3) is 0 Å². The van der Waals surface area contributed by atoms with Crippen LogP contribution >= 0.6 is 0 Å². The molecule has 6 nitrogen and oxygen atoms in total. The molecule has 0 aliphatic rings. The van der Waals surface area contributed by atoms with Crippen LogP contribution in [0.1, 0.15) is 226 Å². The predicted molar refractivity (Wildman–Crippen MR) is 352 cm³/mol. The van der Waals surface area contributed by atoms with Crippen LogP contribution in [0.2, 0.25) is 0 Å². The van der Waals surface area contributed by atoms with E-state index in [0.29, 0.717) is 19.3 Å². The van der Waals surface area contributed by atoms with E-state index in [1.165, 1.54) is 0 Å². The van der Waals surface area contributed by atoms with E-state index in [1.54, 1.807) is 0 Å². The van der Waals surface area contributed by atoms with Crippen molar-refractivity contribution in [2.45, 2.75) is 232 Å². The van der Waals surface area contributed by atoms with Crippen molar-refractivity contribution in [1.29, 1.82) is 0 Å². The Bertz CT molecular complexity index is 2000. The van der Waals surface area contributed by atoms with E-state index in [-0.39, 0.29) is 31.6 Å². The quantitative estimate of drug-likeness (QED) is 0.0261. The summed E-state index contributed by atoms with van der Waals surface area (Å²) in [4.78, 5) is 38.3. The van der Waals surface area contributed by atoms with Gasteiger partial charge in [0.15, 0.2) is 6.10 Å². The standard InChI is InChI=1S/C75H112O6/c1-4-7-10-13-16-19-22-25-28-30-31-32-33-34-35-36-37-38-39-40-41-42-43-45-47-50-53-56-59-62-65-68-74(77)80-71-72(70-79-73(76)67-64-61-58-55-52-49-46-27-24-21-18-15-12-9-6-3)81-75(78)69-66-63-60-57-54-51-48-44-29-26-23-20-17-14-11-8-5-2/h7-12,16-21,25-29,31-32,34-35,37-38,40-41,43,45-46,48,50-51,53,57,60,72H,4-6,13-15,22-24,30,33,36,39,42,44,47,49,52,54-56,58-59,61-71H2,1-3H3/b10-7-,11-8-,12-9-,19-16-,20-17-,21-18-,28-25-,29-26-,32-31-,35-34-,38-37-,41-40-,45-43-,46-27-,51-48-,53-50-,60-57-. The van der Waals surface area contributed by atoms with Crippen molar-refractivity contribution in [2.24, 2.45) is 0 Å². The number of rotatable bonds is 54. The van der Waals surface area contributed by atoms with Crippen molar-refractivity contribution in [3.05, 3.63) is 207 Å². The summed E-state index contributed by atoms with van der Waals surface area (Å²) in [7, 11) is 0. The van der Waals surface area contributed by atoms with Gasteiger partial charge in [0.05, 0.1) is 0 Å². The van der Waals surface area contributed by atoms with Gasteiger partial charge in [-0.1, -0.05) is 253 Å².